The molecule has 0 unspecified atom stereocenters. The molecule has 166 valence electrons. The first kappa shape index (κ1) is 23.1. The van der Waals surface area contributed by atoms with E-state index in [9.17, 15) is 17.7 Å². The molecule has 1 heterocycles. The van der Waals surface area contributed by atoms with E-state index in [0.29, 0.717) is 33.4 Å². The first-order valence-corrected chi connectivity index (χ1v) is 12.4. The van der Waals surface area contributed by atoms with E-state index in [1.165, 1.54) is 13.0 Å². The van der Waals surface area contributed by atoms with Crippen LogP contribution >= 0.6 is 7.14 Å². The Morgan fingerprint density at radius 1 is 1.10 bits per heavy atom. The van der Waals surface area contributed by atoms with Crippen LogP contribution in [-0.2, 0) is 10.7 Å². The summed E-state index contributed by atoms with van der Waals surface area (Å²) in [5, 5.41) is 7.65. The lowest BCUT2D eigenvalue weighted by Gasteiger charge is -2.22. The summed E-state index contributed by atoms with van der Waals surface area (Å²) in [6.07, 6.45) is -4.42. The number of hydrogen-bond donors (Lipinski definition) is 2. The number of aromatic nitrogens is 2. The molecule has 0 aliphatic heterocycles. The number of rotatable bonds is 5. The van der Waals surface area contributed by atoms with Crippen molar-refractivity contribution in [2.75, 3.05) is 31.0 Å². The molecule has 0 spiro atoms. The summed E-state index contributed by atoms with van der Waals surface area (Å²) in [6, 6.07) is 7.35. The summed E-state index contributed by atoms with van der Waals surface area (Å²) in [4.78, 5) is 8.97. The highest BCUT2D eigenvalue weighted by atomic mass is 31.2. The van der Waals surface area contributed by atoms with Crippen molar-refractivity contribution in [1.82, 2.24) is 9.97 Å². The zero-order valence-corrected chi connectivity index (χ0v) is 19.2. The summed E-state index contributed by atoms with van der Waals surface area (Å²) >= 11 is 0. The van der Waals surface area contributed by atoms with Crippen molar-refractivity contribution >= 4 is 34.9 Å². The third-order valence-electron chi connectivity index (χ3n) is 5.28. The Hall–Kier alpha value is -2.60. The normalized spacial score (nSPS) is 13.3. The van der Waals surface area contributed by atoms with Gasteiger partial charge in [0.25, 0.3) is 0 Å². The molecule has 0 fully saturated rings. The molecule has 0 aliphatic carbocycles. The smallest absolute Gasteiger partial charge is 0.387 e. The summed E-state index contributed by atoms with van der Waals surface area (Å²) in [5.41, 5.74) is 1.44. The third kappa shape index (κ3) is 4.69. The van der Waals surface area contributed by atoms with Crippen molar-refractivity contribution in [3.8, 4) is 0 Å². The molecule has 31 heavy (non-hydrogen) atoms. The predicted molar refractivity (Wildman–Crippen MR) is 121 cm³/mol. The van der Waals surface area contributed by atoms with Gasteiger partial charge in [-0.2, -0.15) is 13.2 Å². The first-order chi connectivity index (χ1) is 14.3. The van der Waals surface area contributed by atoms with Crippen LogP contribution in [0.1, 0.15) is 35.5 Å². The van der Waals surface area contributed by atoms with Crippen molar-refractivity contribution in [3.05, 3.63) is 52.8 Å². The number of halogens is 3. The van der Waals surface area contributed by atoms with Gasteiger partial charge in [0.15, 0.2) is 0 Å². The quantitative estimate of drug-likeness (QED) is 0.486. The molecule has 0 amide bonds. The largest absolute Gasteiger partial charge is 0.416 e. The van der Waals surface area contributed by atoms with Gasteiger partial charge in [0, 0.05) is 23.4 Å². The molecule has 9 heteroatoms. The fourth-order valence-electron chi connectivity index (χ4n) is 3.75. The molecule has 1 atom stereocenters. The number of fused-ring (bicyclic) bond motifs is 1. The van der Waals surface area contributed by atoms with E-state index in [1.807, 2.05) is 6.07 Å². The number of hydrogen-bond acceptors (Lipinski definition) is 5. The highest BCUT2D eigenvalue weighted by Crippen LogP contribution is 2.40. The maximum Gasteiger partial charge on any atom is 0.416 e. The Bertz CT molecular complexity index is 1190. The van der Waals surface area contributed by atoms with Crippen molar-refractivity contribution < 1.29 is 17.7 Å². The molecule has 0 saturated heterocycles. The van der Waals surface area contributed by atoms with Crippen LogP contribution < -0.4 is 15.9 Å². The van der Waals surface area contributed by atoms with Gasteiger partial charge in [0.2, 0.25) is 0 Å². The Kier molecular flexibility index (Phi) is 6.07. The molecule has 5 nitrogen and oxygen atoms in total. The van der Waals surface area contributed by atoms with E-state index in [2.05, 4.69) is 20.6 Å². The van der Waals surface area contributed by atoms with Gasteiger partial charge in [-0.3, -0.25) is 0 Å². The molecule has 0 aliphatic rings. The number of benzene rings is 2. The molecule has 0 bridgehead atoms. The van der Waals surface area contributed by atoms with Gasteiger partial charge >= 0.3 is 6.18 Å². The molecule has 2 N–H and O–H groups in total. The monoisotopic (exact) mass is 450 g/mol. The average Bonchev–Trinajstić information content (AvgIpc) is 2.65. The minimum Gasteiger partial charge on any atom is -0.387 e. The zero-order chi connectivity index (χ0) is 23.1. The Morgan fingerprint density at radius 2 is 1.77 bits per heavy atom. The summed E-state index contributed by atoms with van der Waals surface area (Å²) in [6.45, 7) is 8.39. The maximum absolute atomic E-state index is 13.3. The van der Waals surface area contributed by atoms with Crippen molar-refractivity contribution in [1.29, 1.82) is 0 Å². The van der Waals surface area contributed by atoms with Crippen molar-refractivity contribution in [2.24, 2.45) is 0 Å². The topological polar surface area (TPSA) is 66.9 Å². The van der Waals surface area contributed by atoms with Crippen LogP contribution in [0.4, 0.5) is 24.7 Å². The standard InChI is InChI=1S/C22H26F3N4OP/c1-12-15(8-7-9-17(12)22(23,24)25)13(2)27-21-16-10-20(31(5,6)30)19(26-4)11-18(16)28-14(3)29-21/h7-11,13,26H,1-6H3,(H,27,28,29)/t13-/m1/s1. The lowest BCUT2D eigenvalue weighted by molar-refractivity contribution is -0.138. The molecule has 2 aromatic carbocycles. The van der Waals surface area contributed by atoms with Gasteiger partial charge in [-0.1, -0.05) is 12.1 Å². The van der Waals surface area contributed by atoms with E-state index in [0.717, 1.165) is 11.8 Å². The lowest BCUT2D eigenvalue weighted by Crippen LogP contribution is -2.15. The molecular formula is C22H26F3N4OP. The zero-order valence-electron chi connectivity index (χ0n) is 18.3. The minimum atomic E-state index is -4.42. The van der Waals surface area contributed by atoms with E-state index in [4.69, 9.17) is 0 Å². The van der Waals surface area contributed by atoms with Crippen molar-refractivity contribution in [2.45, 2.75) is 33.0 Å². The molecule has 0 saturated carbocycles. The molecule has 3 rings (SSSR count). The highest BCUT2D eigenvalue weighted by molar-refractivity contribution is 7.70. The third-order valence-corrected chi connectivity index (χ3v) is 6.81. The Morgan fingerprint density at radius 3 is 2.35 bits per heavy atom. The lowest BCUT2D eigenvalue weighted by atomic mass is 9.97. The van der Waals surface area contributed by atoms with Gasteiger partial charge in [0.05, 0.1) is 17.1 Å². The average molecular weight is 450 g/mol. The van der Waals surface area contributed by atoms with Crippen molar-refractivity contribution in [3.63, 3.8) is 0 Å². The van der Waals surface area contributed by atoms with Crippen LogP contribution in [0.25, 0.3) is 10.9 Å². The highest BCUT2D eigenvalue weighted by Gasteiger charge is 2.33. The SMILES string of the molecule is CNc1cc2nc(C)nc(N[C@H](C)c3cccc(C(F)(F)F)c3C)c2cc1P(C)(C)=O. The molecule has 3 aromatic rings. The second-order valence-corrected chi connectivity index (χ2v) is 11.2. The van der Waals surface area contributed by atoms with E-state index in [1.54, 1.807) is 46.4 Å². The van der Waals surface area contributed by atoms with Crippen LogP contribution in [0.5, 0.6) is 0 Å². The van der Waals surface area contributed by atoms with Gasteiger partial charge in [0.1, 0.15) is 18.8 Å². The van der Waals surface area contributed by atoms with Crippen LogP contribution in [0.2, 0.25) is 0 Å². The predicted octanol–water partition coefficient (Wildman–Crippen LogP) is 5.73. The number of anilines is 2. The molecule has 1 aromatic heterocycles. The molecular weight excluding hydrogens is 424 g/mol. The Labute approximate surface area is 179 Å². The summed E-state index contributed by atoms with van der Waals surface area (Å²) in [5.74, 6) is 1.01. The number of nitrogens with zero attached hydrogens (tertiary/aromatic N) is 2. The van der Waals surface area contributed by atoms with Gasteiger partial charge in [-0.25, -0.2) is 9.97 Å². The second kappa shape index (κ2) is 8.15. The van der Waals surface area contributed by atoms with E-state index >= 15 is 0 Å². The second-order valence-electron chi connectivity index (χ2n) is 7.99. The fraction of sp³-hybridized carbons (Fsp3) is 0.364. The van der Waals surface area contributed by atoms with Gasteiger partial charge in [-0.05, 0) is 63.4 Å². The van der Waals surface area contributed by atoms with Crippen LogP contribution in [0, 0.1) is 13.8 Å². The van der Waals surface area contributed by atoms with Gasteiger partial charge < -0.3 is 15.2 Å². The van der Waals surface area contributed by atoms with Crippen LogP contribution in [0.3, 0.4) is 0 Å². The minimum absolute atomic E-state index is 0.176. The number of alkyl halides is 3. The van der Waals surface area contributed by atoms with Gasteiger partial charge in [-0.15, -0.1) is 0 Å². The number of aryl methyl sites for hydroxylation is 1. The fourth-order valence-corrected chi connectivity index (χ4v) is 4.95. The molecule has 0 radical (unpaired) electrons. The Balaban J connectivity index is 2.13. The summed E-state index contributed by atoms with van der Waals surface area (Å²) < 4.78 is 52.8. The van der Waals surface area contributed by atoms with Crippen LogP contribution in [-0.4, -0.2) is 30.3 Å². The van der Waals surface area contributed by atoms with Crippen LogP contribution in [0.15, 0.2) is 30.3 Å². The maximum atomic E-state index is 13.3. The summed E-state index contributed by atoms with van der Waals surface area (Å²) in [7, 11) is -0.848. The van der Waals surface area contributed by atoms with E-state index < -0.39 is 24.9 Å². The van der Waals surface area contributed by atoms with E-state index in [-0.39, 0.29) is 5.56 Å². The number of nitrogens with one attached hydrogen (secondary N) is 2. The first-order valence-electron chi connectivity index (χ1n) is 9.82.